The number of nitrogens with zero attached hydrogens (tertiary/aromatic N) is 1. The maximum Gasteiger partial charge on any atom is 0.219 e. The van der Waals surface area contributed by atoms with Crippen LogP contribution in [0.5, 0.6) is 11.6 Å². The number of aldehydes is 1. The number of pyridine rings is 1. The van der Waals surface area contributed by atoms with Crippen LogP contribution >= 0.6 is 11.6 Å². The molecule has 2 rings (SSSR count). The van der Waals surface area contributed by atoms with Crippen molar-refractivity contribution in [3.8, 4) is 11.6 Å². The molecule has 2 aromatic rings. The second-order valence-electron chi connectivity index (χ2n) is 3.58. The third-order valence-electron chi connectivity index (χ3n) is 2.20. The van der Waals surface area contributed by atoms with Gasteiger partial charge in [-0.15, -0.1) is 0 Å². The van der Waals surface area contributed by atoms with Crippen LogP contribution in [-0.2, 0) is 0 Å². The highest BCUT2D eigenvalue weighted by atomic mass is 35.5. The van der Waals surface area contributed by atoms with Gasteiger partial charge in [-0.3, -0.25) is 4.79 Å². The third-order valence-corrected chi connectivity index (χ3v) is 2.49. The first kappa shape index (κ1) is 11.6. The third kappa shape index (κ3) is 2.82. The molecule has 0 bridgehead atoms. The van der Waals surface area contributed by atoms with Crippen molar-refractivity contribution in [3.05, 3.63) is 52.7 Å². The number of carbonyl (C=O) groups excluding carboxylic acids is 1. The van der Waals surface area contributed by atoms with E-state index in [1.807, 2.05) is 19.1 Å². The molecule has 0 saturated heterocycles. The van der Waals surface area contributed by atoms with E-state index in [0.29, 0.717) is 22.2 Å². The minimum absolute atomic E-state index is 0.404. The molecule has 4 heteroatoms. The van der Waals surface area contributed by atoms with Crippen molar-refractivity contribution in [2.24, 2.45) is 0 Å². The Morgan fingerprint density at radius 3 is 2.71 bits per heavy atom. The molecule has 17 heavy (non-hydrogen) atoms. The van der Waals surface area contributed by atoms with E-state index in [1.54, 1.807) is 18.2 Å². The van der Waals surface area contributed by atoms with E-state index in [1.165, 1.54) is 6.20 Å². The Morgan fingerprint density at radius 2 is 2.12 bits per heavy atom. The molecule has 0 fully saturated rings. The number of hydrogen-bond acceptors (Lipinski definition) is 3. The van der Waals surface area contributed by atoms with Gasteiger partial charge < -0.3 is 4.74 Å². The van der Waals surface area contributed by atoms with Gasteiger partial charge in [0.1, 0.15) is 5.75 Å². The molecule has 1 aromatic carbocycles. The quantitative estimate of drug-likeness (QED) is 0.777. The first-order valence-electron chi connectivity index (χ1n) is 5.04. The van der Waals surface area contributed by atoms with Crippen LogP contribution < -0.4 is 4.74 Å². The van der Waals surface area contributed by atoms with E-state index in [9.17, 15) is 4.79 Å². The van der Waals surface area contributed by atoms with E-state index in [0.717, 1.165) is 11.8 Å². The molecule has 3 nitrogen and oxygen atoms in total. The first-order valence-corrected chi connectivity index (χ1v) is 5.42. The largest absolute Gasteiger partial charge is 0.437 e. The molecule has 0 spiro atoms. The molecule has 86 valence electrons. The molecule has 0 amide bonds. The SMILES string of the molecule is Cc1ccc(Oc2ccc(C=O)cn2)c(Cl)c1. The summed E-state index contributed by atoms with van der Waals surface area (Å²) in [6, 6.07) is 8.77. The average molecular weight is 248 g/mol. The minimum Gasteiger partial charge on any atom is -0.437 e. The highest BCUT2D eigenvalue weighted by Gasteiger charge is 2.04. The van der Waals surface area contributed by atoms with Crippen molar-refractivity contribution in [1.82, 2.24) is 4.98 Å². The highest BCUT2D eigenvalue weighted by Crippen LogP contribution is 2.28. The summed E-state index contributed by atoms with van der Waals surface area (Å²) in [7, 11) is 0. The Bertz CT molecular complexity index is 538. The van der Waals surface area contributed by atoms with E-state index >= 15 is 0 Å². The summed E-state index contributed by atoms with van der Waals surface area (Å²) in [4.78, 5) is 14.5. The molecular weight excluding hydrogens is 238 g/mol. The molecule has 0 unspecified atom stereocenters. The van der Waals surface area contributed by atoms with Crippen LogP contribution in [0.15, 0.2) is 36.5 Å². The van der Waals surface area contributed by atoms with Crippen molar-refractivity contribution in [1.29, 1.82) is 0 Å². The van der Waals surface area contributed by atoms with Crippen molar-refractivity contribution in [3.63, 3.8) is 0 Å². The molecule has 1 heterocycles. The molecule has 0 aliphatic rings. The number of carbonyl (C=O) groups is 1. The lowest BCUT2D eigenvalue weighted by Gasteiger charge is -2.06. The lowest BCUT2D eigenvalue weighted by molar-refractivity contribution is 0.112. The van der Waals surface area contributed by atoms with E-state index in [-0.39, 0.29) is 0 Å². The normalized spacial score (nSPS) is 10.0. The fraction of sp³-hybridized carbons (Fsp3) is 0.0769. The van der Waals surface area contributed by atoms with E-state index in [4.69, 9.17) is 16.3 Å². The number of aromatic nitrogens is 1. The van der Waals surface area contributed by atoms with Crippen LogP contribution in [0.1, 0.15) is 15.9 Å². The van der Waals surface area contributed by atoms with Crippen LogP contribution in [0.4, 0.5) is 0 Å². The predicted octanol–water partition coefficient (Wildman–Crippen LogP) is 3.65. The topological polar surface area (TPSA) is 39.2 Å². The Hall–Kier alpha value is -1.87. The maximum atomic E-state index is 10.5. The monoisotopic (exact) mass is 247 g/mol. The fourth-order valence-corrected chi connectivity index (χ4v) is 1.60. The van der Waals surface area contributed by atoms with Gasteiger partial charge in [0.15, 0.2) is 6.29 Å². The lowest BCUT2D eigenvalue weighted by Crippen LogP contribution is -1.90. The van der Waals surface area contributed by atoms with Gasteiger partial charge in [-0.2, -0.15) is 0 Å². The summed E-state index contributed by atoms with van der Waals surface area (Å²) in [6.45, 7) is 1.95. The number of ether oxygens (including phenoxy) is 1. The summed E-state index contributed by atoms with van der Waals surface area (Å²) in [6.07, 6.45) is 2.18. The van der Waals surface area contributed by atoms with Crippen LogP contribution in [0.2, 0.25) is 5.02 Å². The Morgan fingerprint density at radius 1 is 1.29 bits per heavy atom. The number of halogens is 1. The number of benzene rings is 1. The zero-order valence-electron chi connectivity index (χ0n) is 9.18. The van der Waals surface area contributed by atoms with E-state index < -0.39 is 0 Å². The number of rotatable bonds is 3. The molecule has 1 aromatic heterocycles. The number of aryl methyl sites for hydroxylation is 1. The predicted molar refractivity (Wildman–Crippen MR) is 65.9 cm³/mol. The molecule has 0 saturated carbocycles. The van der Waals surface area contributed by atoms with Crippen LogP contribution in [0.3, 0.4) is 0 Å². The number of hydrogen-bond donors (Lipinski definition) is 0. The van der Waals surface area contributed by atoms with Crippen molar-refractivity contribution in [2.75, 3.05) is 0 Å². The summed E-state index contributed by atoms with van der Waals surface area (Å²) < 4.78 is 5.50. The zero-order chi connectivity index (χ0) is 12.3. The van der Waals surface area contributed by atoms with Gasteiger partial charge in [-0.1, -0.05) is 17.7 Å². The summed E-state index contributed by atoms with van der Waals surface area (Å²) >= 11 is 6.03. The average Bonchev–Trinajstić information content (AvgIpc) is 2.34. The van der Waals surface area contributed by atoms with Crippen LogP contribution in [0, 0.1) is 6.92 Å². The lowest BCUT2D eigenvalue weighted by atomic mass is 10.2. The van der Waals surface area contributed by atoms with Gasteiger partial charge in [-0.05, 0) is 30.7 Å². The van der Waals surface area contributed by atoms with Gasteiger partial charge in [0.25, 0.3) is 0 Å². The van der Waals surface area contributed by atoms with Gasteiger partial charge in [0, 0.05) is 17.8 Å². The Labute approximate surface area is 104 Å². The second-order valence-corrected chi connectivity index (χ2v) is 3.99. The molecule has 0 aliphatic carbocycles. The van der Waals surface area contributed by atoms with Gasteiger partial charge in [-0.25, -0.2) is 4.98 Å². The standard InChI is InChI=1S/C13H10ClNO2/c1-9-2-4-12(11(14)6-9)17-13-5-3-10(8-16)7-15-13/h2-8H,1H3. The van der Waals surface area contributed by atoms with Crippen molar-refractivity contribution < 1.29 is 9.53 Å². The zero-order valence-corrected chi connectivity index (χ0v) is 9.94. The van der Waals surface area contributed by atoms with Gasteiger partial charge >= 0.3 is 0 Å². The smallest absolute Gasteiger partial charge is 0.219 e. The van der Waals surface area contributed by atoms with Gasteiger partial charge in [0.2, 0.25) is 5.88 Å². The molecule has 0 atom stereocenters. The summed E-state index contributed by atoms with van der Waals surface area (Å²) in [5.74, 6) is 0.949. The summed E-state index contributed by atoms with van der Waals surface area (Å²) in [5.41, 5.74) is 1.57. The molecule has 0 radical (unpaired) electrons. The van der Waals surface area contributed by atoms with E-state index in [2.05, 4.69) is 4.98 Å². The highest BCUT2D eigenvalue weighted by molar-refractivity contribution is 6.32. The second kappa shape index (κ2) is 4.97. The Kier molecular flexibility index (Phi) is 3.40. The Balaban J connectivity index is 2.22. The fourth-order valence-electron chi connectivity index (χ4n) is 1.32. The van der Waals surface area contributed by atoms with Gasteiger partial charge in [0.05, 0.1) is 5.02 Å². The maximum absolute atomic E-state index is 10.5. The minimum atomic E-state index is 0.404. The van der Waals surface area contributed by atoms with Crippen LogP contribution in [0.25, 0.3) is 0 Å². The van der Waals surface area contributed by atoms with Crippen molar-refractivity contribution in [2.45, 2.75) is 6.92 Å². The molecule has 0 aliphatic heterocycles. The first-order chi connectivity index (χ1) is 8.19. The van der Waals surface area contributed by atoms with Crippen LogP contribution in [-0.4, -0.2) is 11.3 Å². The molecular formula is C13H10ClNO2. The van der Waals surface area contributed by atoms with Crippen molar-refractivity contribution >= 4 is 17.9 Å². The molecule has 0 N–H and O–H groups in total. The summed E-state index contributed by atoms with van der Waals surface area (Å²) in [5, 5.41) is 0.534.